The number of carboxylic acids is 4. The highest BCUT2D eigenvalue weighted by molar-refractivity contribution is 6.70. The summed E-state index contributed by atoms with van der Waals surface area (Å²) in [5.74, 6) is -23.7. The maximum absolute atomic E-state index is 12.4. The largest absolute Gasteiger partial charge is 0.480 e. The number of carboxylic acid groups (broad SMARTS) is 4. The molecule has 4 aliphatic rings. The molecule has 0 unspecified atom stereocenters. The highest BCUT2D eigenvalue weighted by atomic mass is 16.4. The number of imide groups is 4. The van der Waals surface area contributed by atoms with Crippen LogP contribution in [0.25, 0.3) is 0 Å². The molecule has 186 valence electrons. The molecule has 1 spiro atoms. The zero-order chi connectivity index (χ0) is 28.2. The van der Waals surface area contributed by atoms with E-state index < -0.39 is 87.4 Å². The highest BCUT2D eigenvalue weighted by Crippen LogP contribution is 2.46. The van der Waals surface area contributed by atoms with E-state index in [0.717, 1.165) is 0 Å². The van der Waals surface area contributed by atoms with Gasteiger partial charge >= 0.3 is 49.8 Å². The van der Waals surface area contributed by atoms with Gasteiger partial charge in [0.15, 0.2) is 0 Å². The number of hydrogen-bond donors (Lipinski definition) is 4. The summed E-state index contributed by atoms with van der Waals surface area (Å²) in [6.07, 6.45) is 0. The van der Waals surface area contributed by atoms with Crippen LogP contribution in [0, 0.1) is 16.2 Å². The van der Waals surface area contributed by atoms with Crippen LogP contribution >= 0.6 is 0 Å². The van der Waals surface area contributed by atoms with Gasteiger partial charge in [-0.3, -0.25) is 38.4 Å². The van der Waals surface area contributed by atoms with Crippen LogP contribution in [0.1, 0.15) is 0 Å². The van der Waals surface area contributed by atoms with Gasteiger partial charge in [-0.2, -0.15) is 0 Å². The van der Waals surface area contributed by atoms with Crippen LogP contribution in [0.5, 0.6) is 0 Å². The second kappa shape index (κ2) is 6.83. The molecular weight excluding hydrogens is 514 g/mol. The number of carbonyl (C=O) groups is 12. The minimum absolute atomic E-state index is 0.0637. The van der Waals surface area contributed by atoms with Crippen molar-refractivity contribution in [2.24, 2.45) is 16.2 Å². The zero-order valence-corrected chi connectivity index (χ0v) is 17.1. The van der Waals surface area contributed by atoms with Crippen molar-refractivity contribution in [3.05, 3.63) is 0 Å². The number of nitrogens with zero attached hydrogens (tertiary/aromatic N) is 4. The second-order valence-electron chi connectivity index (χ2n) is 7.62. The smallest absolute Gasteiger partial charge is 0.411 e. The molecule has 20 nitrogen and oxygen atoms in total. The molecule has 0 saturated carbocycles. The molecule has 0 aliphatic carbocycles. The first-order chi connectivity index (χ1) is 17.0. The van der Waals surface area contributed by atoms with Crippen LogP contribution in [0.15, 0.2) is 0 Å². The summed E-state index contributed by atoms with van der Waals surface area (Å²) in [4.78, 5) is 142. The summed E-state index contributed by atoms with van der Waals surface area (Å²) in [5, 5.41) is 35.8. The molecule has 22 heteroatoms. The quantitative estimate of drug-likeness (QED) is 0.132. The third-order valence-electron chi connectivity index (χ3n) is 6.06. The van der Waals surface area contributed by atoms with E-state index in [1.807, 2.05) is 0 Å². The van der Waals surface area contributed by atoms with Crippen molar-refractivity contribution in [3.8, 4) is 0 Å². The zero-order valence-electron chi connectivity index (χ0n) is 17.1. The van der Waals surface area contributed by atoms with Crippen molar-refractivity contribution in [3.63, 3.8) is 0 Å². The predicted molar refractivity (Wildman–Crippen MR) is 96.8 cm³/mol. The molecule has 0 aromatic heterocycles. The van der Waals surface area contributed by atoms with Gasteiger partial charge in [0.2, 0.25) is 0 Å². The van der Waals surface area contributed by atoms with E-state index in [2.05, 4.69) is 0 Å². The molecule has 4 rings (SSSR count). The topological polar surface area (TPSA) is 299 Å². The van der Waals surface area contributed by atoms with E-state index in [4.69, 9.17) is 20.4 Å². The highest BCUT2D eigenvalue weighted by Gasteiger charge is 2.83. The molecule has 0 aromatic rings. The molecule has 4 heterocycles. The Morgan fingerprint density at radius 3 is 0.811 bits per heavy atom. The number of rotatable bonds is 8. The van der Waals surface area contributed by atoms with E-state index in [-0.39, 0.29) is 34.3 Å². The Balaban J connectivity index is 1.47. The van der Waals surface area contributed by atoms with Crippen LogP contribution < -0.4 is 0 Å². The van der Waals surface area contributed by atoms with Gasteiger partial charge in [-0.1, -0.05) is 0 Å². The molecule has 0 atom stereocenters. The van der Waals surface area contributed by atoms with E-state index in [0.29, 0.717) is 0 Å². The fourth-order valence-electron chi connectivity index (χ4n) is 3.90. The van der Waals surface area contributed by atoms with Gasteiger partial charge in [0.25, 0.3) is 52.7 Å². The van der Waals surface area contributed by atoms with Gasteiger partial charge < -0.3 is 39.7 Å². The van der Waals surface area contributed by atoms with Crippen LogP contribution in [-0.4, -0.2) is 126 Å². The van der Waals surface area contributed by atoms with E-state index in [1.165, 1.54) is 0 Å². The molecular formula is C15H4B2N4O16. The molecule has 0 bridgehead atoms. The van der Waals surface area contributed by atoms with Crippen molar-refractivity contribution in [2.45, 2.75) is 0 Å². The summed E-state index contributed by atoms with van der Waals surface area (Å²) in [7, 11) is 0.127. The summed E-state index contributed by atoms with van der Waals surface area (Å²) >= 11 is 0. The van der Waals surface area contributed by atoms with Gasteiger partial charge in [0, 0.05) is 0 Å². The SMILES string of the molecule is O=C(O)C1(C(=O)O)C(=O)N([B]N2C(=O)C3(C2=O)C(=O)N([B]N2C(=O)C(C(=O)O)(C(=O)O)C2=O)C3=O)C1=O. The fraction of sp³-hybridized carbons (Fsp3) is 0.200. The number of hydrogen-bond acceptors (Lipinski definition) is 12. The fourth-order valence-corrected chi connectivity index (χ4v) is 3.90. The standard InChI is InChI=1S/C15H4B2N4O16/c22-1-13(2(23)18(1)16-20-5(26)14(6(20)27,9(30)31)10(32)33)3(24)19(4(13)25)17-21-7(28)15(8(21)29,11(34)35)12(36)37/h(H,30,31)(H,32,33)(H,34,35)(H,36,37). The average molecular weight is 518 g/mol. The lowest BCUT2D eigenvalue weighted by Gasteiger charge is -2.54. The Bertz CT molecular complexity index is 1200. The third kappa shape index (κ3) is 2.20. The van der Waals surface area contributed by atoms with Crippen molar-refractivity contribution in [2.75, 3.05) is 0 Å². The Kier molecular flexibility index (Phi) is 4.56. The van der Waals surface area contributed by atoms with Gasteiger partial charge in [-0.15, -0.1) is 0 Å². The third-order valence-corrected chi connectivity index (χ3v) is 6.06. The summed E-state index contributed by atoms with van der Waals surface area (Å²) in [5.41, 5.74) is -10.2. The van der Waals surface area contributed by atoms with Crippen LogP contribution in [0.4, 0.5) is 0 Å². The van der Waals surface area contributed by atoms with Crippen LogP contribution in [0.3, 0.4) is 0 Å². The maximum atomic E-state index is 12.4. The molecule has 4 aliphatic heterocycles. The monoisotopic (exact) mass is 518 g/mol. The van der Waals surface area contributed by atoms with E-state index >= 15 is 0 Å². The number of β-lactam (4-membered cyclic amide) rings is 8. The number of aliphatic carboxylic acids is 4. The molecule has 37 heavy (non-hydrogen) atoms. The van der Waals surface area contributed by atoms with Gasteiger partial charge in [-0.25, -0.2) is 19.2 Å². The van der Waals surface area contributed by atoms with Gasteiger partial charge in [0.05, 0.1) is 0 Å². The van der Waals surface area contributed by atoms with Crippen LogP contribution in [0.2, 0.25) is 0 Å². The lowest BCUT2D eigenvalue weighted by Crippen LogP contribution is -2.88. The Morgan fingerprint density at radius 1 is 0.432 bits per heavy atom. The van der Waals surface area contributed by atoms with Crippen molar-refractivity contribution >= 4 is 86.2 Å². The predicted octanol–water partition coefficient (Wildman–Crippen LogP) is -7.17. The molecule has 0 aromatic carbocycles. The summed E-state index contributed by atoms with van der Waals surface area (Å²) < 4.78 is 0. The minimum atomic E-state index is -3.55. The van der Waals surface area contributed by atoms with Crippen molar-refractivity contribution in [1.82, 2.24) is 19.2 Å². The first kappa shape index (κ1) is 24.7. The van der Waals surface area contributed by atoms with E-state index in [1.54, 1.807) is 0 Å². The molecule has 8 amide bonds. The summed E-state index contributed by atoms with van der Waals surface area (Å²) in [6, 6.07) is 0. The number of amides is 8. The molecule has 2 radical (unpaired) electrons. The lowest BCUT2D eigenvalue weighted by molar-refractivity contribution is -0.190. The Morgan fingerprint density at radius 2 is 0.622 bits per heavy atom. The molecule has 4 N–H and O–H groups in total. The first-order valence-corrected chi connectivity index (χ1v) is 9.17. The molecule has 4 fully saturated rings. The number of carbonyl (C=O) groups excluding carboxylic acids is 8. The minimum Gasteiger partial charge on any atom is -0.480 e. The Hall–Kier alpha value is -5.43. The molecule has 4 saturated heterocycles. The van der Waals surface area contributed by atoms with Crippen molar-refractivity contribution in [1.29, 1.82) is 0 Å². The maximum Gasteiger partial charge on any atom is 0.411 e. The summed E-state index contributed by atoms with van der Waals surface area (Å²) in [6.45, 7) is 0. The van der Waals surface area contributed by atoms with Gasteiger partial charge in [0.1, 0.15) is 0 Å². The average Bonchev–Trinajstić information content (AvgIpc) is 2.79. The van der Waals surface area contributed by atoms with E-state index in [9.17, 15) is 57.5 Å². The van der Waals surface area contributed by atoms with Crippen molar-refractivity contribution < 1.29 is 78.0 Å². The second-order valence-corrected chi connectivity index (χ2v) is 7.62. The van der Waals surface area contributed by atoms with Gasteiger partial charge in [-0.05, 0) is 0 Å². The lowest BCUT2D eigenvalue weighted by atomic mass is 9.62. The normalized spacial score (nSPS) is 22.7. The Labute approximate surface area is 200 Å². The first-order valence-electron chi connectivity index (χ1n) is 9.17. The van der Waals surface area contributed by atoms with Crippen LogP contribution in [-0.2, 0) is 57.5 Å².